The second-order valence-electron chi connectivity index (χ2n) is 3.66. The molecule has 100 valence electrons. The maximum absolute atomic E-state index is 8.66. The number of rotatable bonds is 8. The van der Waals surface area contributed by atoms with Crippen molar-refractivity contribution in [1.82, 2.24) is 5.32 Å². The Bertz CT molecular complexity index is 111. The van der Waals surface area contributed by atoms with Gasteiger partial charge in [0.05, 0.1) is 19.8 Å². The maximum Gasteiger partial charge on any atom is 0.0531 e. The Morgan fingerprint density at radius 2 is 1.31 bits per heavy atom. The highest BCUT2D eigenvalue weighted by atomic mass is 16.3. The number of aliphatic hydroxyl groups excluding tert-OH is 3. The first-order valence-electron chi connectivity index (χ1n) is 5.59. The molecule has 0 aliphatic rings. The molecule has 0 amide bonds. The Morgan fingerprint density at radius 1 is 0.938 bits per heavy atom. The summed E-state index contributed by atoms with van der Waals surface area (Å²) in [5, 5.41) is 29.0. The Kier molecular flexibility index (Phi) is 14.5. The van der Waals surface area contributed by atoms with Crippen molar-refractivity contribution in [2.24, 2.45) is 16.9 Å². The molecule has 0 unspecified atom stereocenters. The number of nitrogens with two attached hydrogens (primary N) is 2. The van der Waals surface area contributed by atoms with E-state index in [4.69, 9.17) is 26.8 Å². The topological polar surface area (TPSA) is 125 Å². The van der Waals surface area contributed by atoms with Gasteiger partial charge < -0.3 is 32.1 Å². The van der Waals surface area contributed by atoms with Crippen LogP contribution in [0.15, 0.2) is 0 Å². The summed E-state index contributed by atoms with van der Waals surface area (Å²) in [5.74, 6) is 0. The molecule has 6 nitrogen and oxygen atoms in total. The molecule has 0 radical (unpaired) electrons. The van der Waals surface area contributed by atoms with Gasteiger partial charge >= 0.3 is 0 Å². The molecule has 0 bridgehead atoms. The molecule has 8 N–H and O–H groups in total. The summed E-state index contributed by atoms with van der Waals surface area (Å²) in [5.41, 5.74) is 9.67. The molecule has 0 saturated carbocycles. The predicted octanol–water partition coefficient (Wildman–Crippen LogP) is -2.15. The van der Waals surface area contributed by atoms with E-state index in [9.17, 15) is 0 Å². The Balaban J connectivity index is 0. The van der Waals surface area contributed by atoms with Crippen LogP contribution in [0.5, 0.6) is 0 Å². The van der Waals surface area contributed by atoms with Gasteiger partial charge in [-0.1, -0.05) is 6.92 Å². The van der Waals surface area contributed by atoms with E-state index in [1.165, 1.54) is 0 Å². The van der Waals surface area contributed by atoms with Gasteiger partial charge in [0, 0.05) is 31.6 Å². The Hall–Kier alpha value is -0.240. The minimum absolute atomic E-state index is 0.156. The lowest BCUT2D eigenvalue weighted by molar-refractivity contribution is 0.00304. The molecule has 0 rings (SSSR count). The van der Waals surface area contributed by atoms with Crippen LogP contribution >= 0.6 is 0 Å². The van der Waals surface area contributed by atoms with Crippen LogP contribution in [-0.2, 0) is 0 Å². The van der Waals surface area contributed by atoms with E-state index < -0.39 is 5.41 Å². The molecule has 0 spiro atoms. The highest BCUT2D eigenvalue weighted by molar-refractivity contribution is 4.74. The van der Waals surface area contributed by atoms with Crippen molar-refractivity contribution in [3.05, 3.63) is 0 Å². The van der Waals surface area contributed by atoms with Crippen LogP contribution in [0.25, 0.3) is 0 Å². The smallest absolute Gasteiger partial charge is 0.0531 e. The van der Waals surface area contributed by atoms with Gasteiger partial charge in [0.1, 0.15) is 0 Å². The van der Waals surface area contributed by atoms with Gasteiger partial charge in [-0.25, -0.2) is 0 Å². The lowest BCUT2D eigenvalue weighted by Crippen LogP contribution is -2.32. The summed E-state index contributed by atoms with van der Waals surface area (Å²) in [6, 6.07) is 0. The quantitative estimate of drug-likeness (QED) is 0.267. The van der Waals surface area contributed by atoms with Gasteiger partial charge in [-0.05, 0) is 6.42 Å². The molecule has 0 aromatic carbocycles. The average Bonchev–Trinajstić information content (AvgIpc) is 2.34. The molecular formula is C10H27N3O3. The summed E-state index contributed by atoms with van der Waals surface area (Å²) in [6.07, 6.45) is 0.594. The van der Waals surface area contributed by atoms with Gasteiger partial charge in [0.2, 0.25) is 0 Å². The van der Waals surface area contributed by atoms with Crippen LogP contribution in [0, 0.1) is 5.41 Å². The van der Waals surface area contributed by atoms with Crippen molar-refractivity contribution in [3.63, 3.8) is 0 Å². The van der Waals surface area contributed by atoms with Crippen molar-refractivity contribution in [2.45, 2.75) is 13.3 Å². The van der Waals surface area contributed by atoms with Gasteiger partial charge in [-0.3, -0.25) is 0 Å². The molecule has 0 aliphatic heterocycles. The fourth-order valence-corrected chi connectivity index (χ4v) is 0.815. The van der Waals surface area contributed by atoms with Crippen molar-refractivity contribution in [3.8, 4) is 0 Å². The van der Waals surface area contributed by atoms with Crippen molar-refractivity contribution in [2.75, 3.05) is 46.0 Å². The molecule has 0 aliphatic carbocycles. The van der Waals surface area contributed by atoms with Gasteiger partial charge in [0.15, 0.2) is 0 Å². The molecule has 0 aromatic heterocycles. The molecule has 6 heteroatoms. The molecular weight excluding hydrogens is 210 g/mol. The summed E-state index contributed by atoms with van der Waals surface area (Å²) >= 11 is 0. The predicted molar refractivity (Wildman–Crippen MR) is 65.0 cm³/mol. The fourth-order valence-electron chi connectivity index (χ4n) is 0.815. The first-order chi connectivity index (χ1) is 7.66. The number of aliphatic hydroxyl groups is 3. The SMILES string of the molecule is CCC(CO)(CO)CO.NCCNCCN. The Labute approximate surface area is 97.6 Å². The Morgan fingerprint density at radius 3 is 1.44 bits per heavy atom. The van der Waals surface area contributed by atoms with E-state index in [0.717, 1.165) is 13.1 Å². The number of hydrogen-bond donors (Lipinski definition) is 6. The van der Waals surface area contributed by atoms with Crippen LogP contribution in [0.4, 0.5) is 0 Å². The lowest BCUT2D eigenvalue weighted by atomic mass is 9.88. The third kappa shape index (κ3) is 9.02. The van der Waals surface area contributed by atoms with Crippen LogP contribution in [0.2, 0.25) is 0 Å². The second-order valence-corrected chi connectivity index (χ2v) is 3.66. The normalized spacial score (nSPS) is 10.9. The van der Waals surface area contributed by atoms with E-state index in [0.29, 0.717) is 19.5 Å². The third-order valence-electron chi connectivity index (χ3n) is 2.40. The van der Waals surface area contributed by atoms with Crippen molar-refractivity contribution >= 4 is 0 Å². The number of nitrogens with one attached hydrogen (secondary N) is 1. The monoisotopic (exact) mass is 237 g/mol. The van der Waals surface area contributed by atoms with Gasteiger partial charge in [-0.2, -0.15) is 0 Å². The fraction of sp³-hybridized carbons (Fsp3) is 1.00. The summed E-state index contributed by atoms with van der Waals surface area (Å²) in [6.45, 7) is 4.49. The van der Waals surface area contributed by atoms with Crippen LogP contribution in [0.1, 0.15) is 13.3 Å². The van der Waals surface area contributed by atoms with E-state index in [-0.39, 0.29) is 19.8 Å². The largest absolute Gasteiger partial charge is 0.396 e. The number of hydrogen-bond acceptors (Lipinski definition) is 6. The van der Waals surface area contributed by atoms with Crippen LogP contribution in [-0.4, -0.2) is 61.3 Å². The average molecular weight is 237 g/mol. The van der Waals surface area contributed by atoms with E-state index in [1.807, 2.05) is 6.92 Å². The summed E-state index contributed by atoms with van der Waals surface area (Å²) in [4.78, 5) is 0. The second kappa shape index (κ2) is 12.8. The van der Waals surface area contributed by atoms with E-state index in [1.54, 1.807) is 0 Å². The van der Waals surface area contributed by atoms with Crippen LogP contribution < -0.4 is 16.8 Å². The molecule has 0 aromatic rings. The molecule has 0 saturated heterocycles. The zero-order valence-corrected chi connectivity index (χ0v) is 10.2. The maximum atomic E-state index is 8.66. The van der Waals surface area contributed by atoms with E-state index >= 15 is 0 Å². The minimum Gasteiger partial charge on any atom is -0.396 e. The molecule has 0 atom stereocenters. The molecule has 0 heterocycles. The highest BCUT2D eigenvalue weighted by Crippen LogP contribution is 2.18. The highest BCUT2D eigenvalue weighted by Gasteiger charge is 2.24. The van der Waals surface area contributed by atoms with Gasteiger partial charge in [0.25, 0.3) is 0 Å². The zero-order valence-electron chi connectivity index (χ0n) is 10.2. The van der Waals surface area contributed by atoms with Gasteiger partial charge in [-0.15, -0.1) is 0 Å². The summed E-state index contributed by atoms with van der Waals surface area (Å²) < 4.78 is 0. The molecule has 0 fully saturated rings. The minimum atomic E-state index is -0.667. The first kappa shape index (κ1) is 18.1. The standard InChI is InChI=1S/C6H14O3.C4H13N3/c1-2-6(3-7,4-8)5-9;5-1-3-7-4-2-6/h7-9H,2-5H2,1H3;7H,1-6H2. The van der Waals surface area contributed by atoms with Crippen LogP contribution in [0.3, 0.4) is 0 Å². The van der Waals surface area contributed by atoms with Crippen molar-refractivity contribution in [1.29, 1.82) is 0 Å². The molecule has 16 heavy (non-hydrogen) atoms. The zero-order chi connectivity index (χ0) is 12.9. The van der Waals surface area contributed by atoms with E-state index in [2.05, 4.69) is 5.32 Å². The lowest BCUT2D eigenvalue weighted by Gasteiger charge is -2.24. The summed E-state index contributed by atoms with van der Waals surface area (Å²) in [7, 11) is 0. The van der Waals surface area contributed by atoms with Crippen molar-refractivity contribution < 1.29 is 15.3 Å². The third-order valence-corrected chi connectivity index (χ3v) is 2.40. The first-order valence-corrected chi connectivity index (χ1v) is 5.59.